The molecule has 9 amide bonds. The predicted molar refractivity (Wildman–Crippen MR) is 182 cm³/mol. The van der Waals surface area contributed by atoms with E-state index >= 15 is 0 Å². The van der Waals surface area contributed by atoms with Crippen molar-refractivity contribution in [2.45, 2.75) is 64.5 Å². The van der Waals surface area contributed by atoms with E-state index in [0.29, 0.717) is 56.4 Å². The zero-order valence-electron chi connectivity index (χ0n) is 28.8. The number of imide groups is 1. The Kier molecular flexibility index (Phi) is 17.5. The Bertz CT molecular complexity index is 1380. The lowest BCUT2D eigenvalue weighted by molar-refractivity contribution is -0.137. The summed E-state index contributed by atoms with van der Waals surface area (Å²) in [6, 6.07) is 4.84. The number of rotatable bonds is 21. The van der Waals surface area contributed by atoms with Crippen LogP contribution in [0.25, 0.3) is 0 Å². The number of hydrogen-bond acceptors (Lipinski definition) is 9. The van der Waals surface area contributed by atoms with Gasteiger partial charge in [0.25, 0.3) is 11.8 Å². The quantitative estimate of drug-likeness (QED) is 0.0892. The number of nitrogens with one attached hydrogen (secondary N) is 4. The van der Waals surface area contributed by atoms with Crippen LogP contribution in [0, 0.1) is 0 Å². The van der Waals surface area contributed by atoms with Gasteiger partial charge in [-0.3, -0.25) is 33.7 Å². The molecular weight excluding hydrogens is 652 g/mol. The fourth-order valence-electron chi connectivity index (χ4n) is 4.64. The molecule has 1 heterocycles. The molecule has 0 aromatic heterocycles. The van der Waals surface area contributed by atoms with Crippen LogP contribution >= 0.6 is 0 Å². The van der Waals surface area contributed by atoms with E-state index in [1.54, 1.807) is 50.2 Å². The van der Waals surface area contributed by atoms with E-state index < -0.39 is 30.0 Å². The van der Waals surface area contributed by atoms with E-state index in [-0.39, 0.29) is 62.7 Å². The molecule has 2 rings (SSSR count). The van der Waals surface area contributed by atoms with Gasteiger partial charge in [-0.05, 0) is 43.4 Å². The van der Waals surface area contributed by atoms with Gasteiger partial charge in [-0.25, -0.2) is 9.59 Å². The number of likely N-dealkylation sites (N-methyl/N-ethyl adjacent to an activating group) is 2. The molecule has 274 valence electrons. The van der Waals surface area contributed by atoms with Crippen LogP contribution < -0.4 is 27.0 Å². The average Bonchev–Trinajstić information content (AvgIpc) is 3.41. The number of urea groups is 1. The van der Waals surface area contributed by atoms with Crippen LogP contribution in [0.15, 0.2) is 36.4 Å². The molecule has 17 heteroatoms. The molecule has 1 aliphatic rings. The highest BCUT2D eigenvalue weighted by molar-refractivity contribution is 6.12. The van der Waals surface area contributed by atoms with E-state index in [1.165, 1.54) is 17.1 Å². The van der Waals surface area contributed by atoms with Gasteiger partial charge in [0.05, 0.1) is 6.54 Å². The highest BCUT2D eigenvalue weighted by atomic mass is 16.6. The van der Waals surface area contributed by atoms with Crippen LogP contribution in [0.5, 0.6) is 0 Å². The minimum absolute atomic E-state index is 0.0171. The predicted octanol–water partition coefficient (Wildman–Crippen LogP) is 0.597. The van der Waals surface area contributed by atoms with Gasteiger partial charge in [0.15, 0.2) is 0 Å². The van der Waals surface area contributed by atoms with Gasteiger partial charge >= 0.3 is 12.1 Å². The Morgan fingerprint density at radius 1 is 0.860 bits per heavy atom. The molecule has 0 fully saturated rings. The zero-order chi connectivity index (χ0) is 37.1. The first-order chi connectivity index (χ1) is 23.8. The average molecular weight is 701 g/mol. The number of ether oxygens (including phenoxy) is 1. The van der Waals surface area contributed by atoms with Crippen molar-refractivity contribution in [3.8, 4) is 0 Å². The largest absolute Gasteiger partial charge is 0.445 e. The SMILES string of the molecule is CCC(=O)N(C)CCN(C)C(=O)OCc1ccc(NC(=O)C(CCCNC(N)=O)NC(=O)CNC(=O)CCCCCN2C(=O)C=CC2=O)cc1. The third-order valence-electron chi connectivity index (χ3n) is 7.65. The monoisotopic (exact) mass is 700 g/mol. The number of hydrogen-bond donors (Lipinski definition) is 5. The summed E-state index contributed by atoms with van der Waals surface area (Å²) >= 11 is 0. The van der Waals surface area contributed by atoms with Crippen molar-refractivity contribution in [3.05, 3.63) is 42.0 Å². The molecule has 6 N–H and O–H groups in total. The Balaban J connectivity index is 1.80. The molecule has 1 unspecified atom stereocenters. The second kappa shape index (κ2) is 21.5. The van der Waals surface area contributed by atoms with Crippen LogP contribution in [0.4, 0.5) is 15.3 Å². The van der Waals surface area contributed by atoms with Crippen LogP contribution in [-0.2, 0) is 40.1 Å². The molecule has 1 atom stereocenters. The third kappa shape index (κ3) is 15.2. The molecule has 0 saturated heterocycles. The highest BCUT2D eigenvalue weighted by Gasteiger charge is 2.23. The lowest BCUT2D eigenvalue weighted by Gasteiger charge is -2.21. The molecule has 1 aromatic rings. The molecule has 50 heavy (non-hydrogen) atoms. The number of nitrogens with two attached hydrogens (primary N) is 1. The summed E-state index contributed by atoms with van der Waals surface area (Å²) in [4.78, 5) is 100. The van der Waals surface area contributed by atoms with Gasteiger partial charge in [-0.1, -0.05) is 25.5 Å². The second-order valence-electron chi connectivity index (χ2n) is 11.6. The van der Waals surface area contributed by atoms with Crippen molar-refractivity contribution in [1.29, 1.82) is 0 Å². The highest BCUT2D eigenvalue weighted by Crippen LogP contribution is 2.13. The molecule has 0 bridgehead atoms. The lowest BCUT2D eigenvalue weighted by Crippen LogP contribution is -2.47. The van der Waals surface area contributed by atoms with Gasteiger partial charge in [0.2, 0.25) is 23.6 Å². The summed E-state index contributed by atoms with van der Waals surface area (Å²) in [5, 5.41) is 10.3. The van der Waals surface area contributed by atoms with Crippen molar-refractivity contribution in [2.75, 3.05) is 52.1 Å². The topological polar surface area (TPSA) is 230 Å². The standard InChI is InChI=1S/C33H48N8O9/c1-4-28(44)39(2)19-20-40(3)33(49)50-22-23-11-13-24(14-12-23)37-31(47)25(9-8-17-35-32(34)48)38-27(43)21-36-26(42)10-6-5-7-18-41-29(45)15-16-30(41)46/h11-16,25H,4-10,17-22H2,1-3H3,(H,36,42)(H,37,47)(H,38,43)(H3,34,35,48). The maximum atomic E-state index is 13.1. The fraction of sp³-hybridized carbons (Fsp3) is 0.515. The Morgan fingerprint density at radius 3 is 2.16 bits per heavy atom. The van der Waals surface area contributed by atoms with Crippen molar-refractivity contribution in [1.82, 2.24) is 30.7 Å². The maximum Gasteiger partial charge on any atom is 0.409 e. The first-order valence-electron chi connectivity index (χ1n) is 16.4. The molecule has 0 radical (unpaired) electrons. The normalized spacial score (nSPS) is 12.6. The Labute approximate surface area is 291 Å². The number of anilines is 1. The second-order valence-corrected chi connectivity index (χ2v) is 11.6. The van der Waals surface area contributed by atoms with Crippen LogP contribution in [0.3, 0.4) is 0 Å². The first-order valence-corrected chi connectivity index (χ1v) is 16.4. The smallest absolute Gasteiger partial charge is 0.409 e. The maximum absolute atomic E-state index is 13.1. The van der Waals surface area contributed by atoms with Crippen molar-refractivity contribution < 1.29 is 43.1 Å². The number of carbonyl (C=O) groups excluding carboxylic acids is 8. The van der Waals surface area contributed by atoms with Gasteiger partial charge in [0.1, 0.15) is 12.6 Å². The van der Waals surface area contributed by atoms with Crippen LogP contribution in [0.2, 0.25) is 0 Å². The van der Waals surface area contributed by atoms with Crippen molar-refractivity contribution in [3.63, 3.8) is 0 Å². The summed E-state index contributed by atoms with van der Waals surface area (Å²) in [5.41, 5.74) is 6.18. The fourth-order valence-corrected chi connectivity index (χ4v) is 4.64. The molecule has 1 aromatic carbocycles. The first kappa shape index (κ1) is 40.7. The van der Waals surface area contributed by atoms with Crippen LogP contribution in [0.1, 0.15) is 57.4 Å². The molecule has 17 nitrogen and oxygen atoms in total. The summed E-state index contributed by atoms with van der Waals surface area (Å²) in [6.45, 7) is 2.52. The molecule has 0 aliphatic carbocycles. The molecule has 1 aliphatic heterocycles. The number of benzene rings is 1. The van der Waals surface area contributed by atoms with E-state index in [9.17, 15) is 38.4 Å². The summed E-state index contributed by atoms with van der Waals surface area (Å²) in [7, 11) is 3.24. The van der Waals surface area contributed by atoms with Crippen molar-refractivity contribution in [2.24, 2.45) is 5.73 Å². The third-order valence-corrected chi connectivity index (χ3v) is 7.65. The van der Waals surface area contributed by atoms with E-state index in [4.69, 9.17) is 10.5 Å². The van der Waals surface area contributed by atoms with Crippen LogP contribution in [-0.4, -0.2) is 115 Å². The van der Waals surface area contributed by atoms with Gasteiger partial charge < -0.3 is 41.5 Å². The number of amides is 9. The minimum atomic E-state index is -0.998. The summed E-state index contributed by atoms with van der Waals surface area (Å²) < 4.78 is 5.34. The van der Waals surface area contributed by atoms with E-state index in [0.717, 1.165) is 4.90 Å². The van der Waals surface area contributed by atoms with E-state index in [2.05, 4.69) is 21.3 Å². The van der Waals surface area contributed by atoms with Gasteiger partial charge in [-0.2, -0.15) is 0 Å². The molecule has 0 spiro atoms. The molecule has 0 saturated carbocycles. The number of primary amides is 1. The lowest BCUT2D eigenvalue weighted by atomic mass is 10.1. The minimum Gasteiger partial charge on any atom is -0.445 e. The number of unbranched alkanes of at least 4 members (excludes halogenated alkanes) is 2. The molecular formula is C33H48N8O9. The van der Waals surface area contributed by atoms with Gasteiger partial charge in [0, 0.05) is 71.0 Å². The summed E-state index contributed by atoms with van der Waals surface area (Å²) in [5.74, 6) is -2.21. The number of nitrogens with zero attached hydrogens (tertiary/aromatic N) is 3. The van der Waals surface area contributed by atoms with E-state index in [1.807, 2.05) is 0 Å². The Morgan fingerprint density at radius 2 is 1.52 bits per heavy atom. The number of carbonyl (C=O) groups is 8. The Hall–Kier alpha value is -5.48. The zero-order valence-corrected chi connectivity index (χ0v) is 28.8. The van der Waals surface area contributed by atoms with Gasteiger partial charge in [-0.15, -0.1) is 0 Å². The van der Waals surface area contributed by atoms with Crippen molar-refractivity contribution >= 4 is 53.3 Å². The summed E-state index contributed by atoms with van der Waals surface area (Å²) in [6.07, 6.45) is 4.52.